The molecule has 1 amide bonds. The number of carbonyl (C=O) groups is 1. The van der Waals surface area contributed by atoms with Crippen LogP contribution in [0.3, 0.4) is 0 Å². The molecule has 0 heterocycles. The van der Waals surface area contributed by atoms with Gasteiger partial charge in [0.2, 0.25) is 5.91 Å². The van der Waals surface area contributed by atoms with E-state index in [4.69, 9.17) is 0 Å². The second-order valence-corrected chi connectivity index (χ2v) is 15.2. The van der Waals surface area contributed by atoms with Crippen molar-refractivity contribution in [3.8, 4) is 0 Å². The zero-order chi connectivity index (χ0) is 34.1. The van der Waals surface area contributed by atoms with Gasteiger partial charge in [0.15, 0.2) is 0 Å². The first kappa shape index (κ1) is 45.0. The standard InChI is InChI=1S/C38H75NO6S/c1-3-5-7-9-11-13-14-15-16-17-18-19-20-21-22-23-24-25-27-29-31-33-37(41)38(42)39-35(34-46(43,44)45)36(40)32-30-28-26-12-10-8-6-4-2/h30,32,35-37,40-41H,3-29,31,33-34H2,1-2H3,(H,39,42)(H,43,44,45)/b32-30+. The van der Waals surface area contributed by atoms with E-state index in [-0.39, 0.29) is 6.42 Å². The van der Waals surface area contributed by atoms with E-state index in [0.29, 0.717) is 6.42 Å². The molecule has 0 aliphatic rings. The van der Waals surface area contributed by atoms with Crippen molar-refractivity contribution in [2.75, 3.05) is 5.75 Å². The summed E-state index contributed by atoms with van der Waals surface area (Å²) in [6, 6.07) is -1.22. The largest absolute Gasteiger partial charge is 0.387 e. The predicted molar refractivity (Wildman–Crippen MR) is 195 cm³/mol. The van der Waals surface area contributed by atoms with Gasteiger partial charge in [-0.1, -0.05) is 193 Å². The van der Waals surface area contributed by atoms with Crippen molar-refractivity contribution in [3.05, 3.63) is 12.2 Å². The molecule has 0 aromatic rings. The molecule has 274 valence electrons. The van der Waals surface area contributed by atoms with Gasteiger partial charge in [-0.15, -0.1) is 0 Å². The van der Waals surface area contributed by atoms with Crippen molar-refractivity contribution in [2.45, 2.75) is 218 Å². The van der Waals surface area contributed by atoms with E-state index in [1.54, 1.807) is 6.08 Å². The van der Waals surface area contributed by atoms with Crippen LogP contribution in [0.4, 0.5) is 0 Å². The molecule has 7 nitrogen and oxygen atoms in total. The van der Waals surface area contributed by atoms with Crippen LogP contribution in [0.5, 0.6) is 0 Å². The lowest BCUT2D eigenvalue weighted by molar-refractivity contribution is -0.130. The molecule has 8 heteroatoms. The quantitative estimate of drug-likeness (QED) is 0.0302. The van der Waals surface area contributed by atoms with Crippen molar-refractivity contribution < 1.29 is 28.0 Å². The summed E-state index contributed by atoms with van der Waals surface area (Å²) in [7, 11) is -4.43. The third-order valence-corrected chi connectivity index (χ3v) is 9.85. The highest BCUT2D eigenvalue weighted by atomic mass is 32.2. The summed E-state index contributed by atoms with van der Waals surface area (Å²) in [6.45, 7) is 4.45. The lowest BCUT2D eigenvalue weighted by Crippen LogP contribution is -2.50. The Morgan fingerprint density at radius 3 is 1.30 bits per heavy atom. The predicted octanol–water partition coefficient (Wildman–Crippen LogP) is 9.99. The fourth-order valence-electron chi connectivity index (χ4n) is 6.04. The molecular weight excluding hydrogens is 598 g/mol. The van der Waals surface area contributed by atoms with E-state index in [1.807, 2.05) is 0 Å². The van der Waals surface area contributed by atoms with Crippen molar-refractivity contribution in [1.82, 2.24) is 5.32 Å². The van der Waals surface area contributed by atoms with Crippen LogP contribution in [0, 0.1) is 0 Å². The first-order valence-corrected chi connectivity index (χ1v) is 21.1. The molecule has 3 unspecified atom stereocenters. The smallest absolute Gasteiger partial charge is 0.267 e. The van der Waals surface area contributed by atoms with Gasteiger partial charge in [0.1, 0.15) is 6.10 Å². The Bertz CT molecular complexity index is 803. The highest BCUT2D eigenvalue weighted by Gasteiger charge is 2.27. The average molecular weight is 674 g/mol. The van der Waals surface area contributed by atoms with E-state index in [0.717, 1.165) is 38.5 Å². The Balaban J connectivity index is 3.87. The molecule has 0 bridgehead atoms. The molecular formula is C38H75NO6S. The minimum Gasteiger partial charge on any atom is -0.387 e. The van der Waals surface area contributed by atoms with Crippen LogP contribution in [0.15, 0.2) is 12.2 Å². The van der Waals surface area contributed by atoms with Crippen molar-refractivity contribution in [1.29, 1.82) is 0 Å². The Hall–Kier alpha value is -0.960. The molecule has 3 atom stereocenters. The second-order valence-electron chi connectivity index (χ2n) is 13.7. The average Bonchev–Trinajstić information content (AvgIpc) is 3.01. The van der Waals surface area contributed by atoms with Gasteiger partial charge in [0, 0.05) is 0 Å². The number of allylic oxidation sites excluding steroid dienone is 1. The van der Waals surface area contributed by atoms with E-state index >= 15 is 0 Å². The normalized spacial score (nSPS) is 14.1. The van der Waals surface area contributed by atoms with E-state index in [2.05, 4.69) is 19.2 Å². The minimum atomic E-state index is -4.43. The number of nitrogens with one attached hydrogen (secondary N) is 1. The molecule has 0 saturated heterocycles. The monoisotopic (exact) mass is 674 g/mol. The van der Waals surface area contributed by atoms with Crippen LogP contribution in [0.2, 0.25) is 0 Å². The van der Waals surface area contributed by atoms with Gasteiger partial charge in [0.05, 0.1) is 17.9 Å². The van der Waals surface area contributed by atoms with Gasteiger partial charge in [-0.3, -0.25) is 9.35 Å². The van der Waals surface area contributed by atoms with Gasteiger partial charge in [-0.05, 0) is 19.3 Å². The number of hydrogen-bond donors (Lipinski definition) is 4. The molecule has 0 aromatic heterocycles. The summed E-state index contributed by atoms with van der Waals surface area (Å²) in [5.74, 6) is -1.53. The molecule has 0 spiro atoms. The number of aliphatic hydroxyl groups is 2. The van der Waals surface area contributed by atoms with Gasteiger partial charge in [-0.2, -0.15) is 8.42 Å². The van der Waals surface area contributed by atoms with E-state index in [9.17, 15) is 28.0 Å². The van der Waals surface area contributed by atoms with Crippen LogP contribution < -0.4 is 5.32 Å². The van der Waals surface area contributed by atoms with Crippen molar-refractivity contribution in [2.24, 2.45) is 0 Å². The topological polar surface area (TPSA) is 124 Å². The maximum atomic E-state index is 12.5. The van der Waals surface area contributed by atoms with Crippen LogP contribution in [-0.2, 0) is 14.9 Å². The van der Waals surface area contributed by atoms with Crippen molar-refractivity contribution >= 4 is 16.0 Å². The number of amides is 1. The summed E-state index contributed by atoms with van der Waals surface area (Å²) in [5.41, 5.74) is 0. The summed E-state index contributed by atoms with van der Waals surface area (Å²) < 4.78 is 32.3. The second kappa shape index (κ2) is 32.6. The zero-order valence-corrected chi connectivity index (χ0v) is 30.9. The third kappa shape index (κ3) is 31.6. The number of rotatable bonds is 35. The third-order valence-electron chi connectivity index (χ3n) is 9.07. The number of aliphatic hydroxyl groups excluding tert-OH is 2. The van der Waals surface area contributed by atoms with Gasteiger partial charge >= 0.3 is 0 Å². The number of carbonyl (C=O) groups excluding carboxylic acids is 1. The maximum Gasteiger partial charge on any atom is 0.267 e. The Kier molecular flexibility index (Phi) is 31.9. The van der Waals surface area contributed by atoms with E-state index in [1.165, 1.54) is 141 Å². The molecule has 0 radical (unpaired) electrons. The minimum absolute atomic E-state index is 0.285. The first-order chi connectivity index (χ1) is 22.2. The highest BCUT2D eigenvalue weighted by molar-refractivity contribution is 7.85. The molecule has 0 saturated carbocycles. The SMILES string of the molecule is CCCCCCCC/C=C/C(O)C(CS(=O)(=O)O)NC(=O)C(O)CCCCCCCCCCCCCCCCCCCCCCC. The highest BCUT2D eigenvalue weighted by Crippen LogP contribution is 2.16. The van der Waals surface area contributed by atoms with Crippen LogP contribution in [0.1, 0.15) is 200 Å². The molecule has 0 aromatic carbocycles. The summed E-state index contributed by atoms with van der Waals surface area (Å²) in [5, 5.41) is 23.2. The molecule has 46 heavy (non-hydrogen) atoms. The Morgan fingerprint density at radius 1 is 0.587 bits per heavy atom. The van der Waals surface area contributed by atoms with Crippen LogP contribution >= 0.6 is 0 Å². The molecule has 4 N–H and O–H groups in total. The van der Waals surface area contributed by atoms with Gasteiger partial charge in [-0.25, -0.2) is 0 Å². The maximum absolute atomic E-state index is 12.5. The lowest BCUT2D eigenvalue weighted by Gasteiger charge is -2.22. The fourth-order valence-corrected chi connectivity index (χ4v) is 6.78. The Morgan fingerprint density at radius 2 is 0.935 bits per heavy atom. The first-order valence-electron chi connectivity index (χ1n) is 19.5. The van der Waals surface area contributed by atoms with E-state index < -0.39 is 40.0 Å². The summed E-state index contributed by atoms with van der Waals surface area (Å²) in [6.07, 6.45) is 35.8. The molecule has 0 rings (SSSR count). The van der Waals surface area contributed by atoms with Crippen LogP contribution in [0.25, 0.3) is 0 Å². The lowest BCUT2D eigenvalue weighted by atomic mass is 10.0. The van der Waals surface area contributed by atoms with Crippen molar-refractivity contribution in [3.63, 3.8) is 0 Å². The summed E-state index contributed by atoms with van der Waals surface area (Å²) >= 11 is 0. The molecule has 0 fully saturated rings. The van der Waals surface area contributed by atoms with Crippen LogP contribution in [-0.4, -0.2) is 53.1 Å². The number of unbranched alkanes of at least 4 members (excludes halogenated alkanes) is 26. The summed E-state index contributed by atoms with van der Waals surface area (Å²) in [4.78, 5) is 12.5. The molecule has 0 aliphatic carbocycles. The number of hydrogen-bond acceptors (Lipinski definition) is 5. The molecule has 0 aliphatic heterocycles. The fraction of sp³-hybridized carbons (Fsp3) is 0.921. The Labute approximate surface area is 284 Å². The zero-order valence-electron chi connectivity index (χ0n) is 30.1. The van der Waals surface area contributed by atoms with Gasteiger partial charge < -0.3 is 15.5 Å². The van der Waals surface area contributed by atoms with Gasteiger partial charge in [0.25, 0.3) is 10.1 Å².